The Kier molecular flexibility index (Phi) is 5.22. The highest BCUT2D eigenvalue weighted by molar-refractivity contribution is 5.81. The first-order chi connectivity index (χ1) is 13.1. The molecule has 0 saturated carbocycles. The standard InChI is InChI=1S/C20H25FN4O2/c1-25-12-14(9-23-25)16-10-22-11-17(16)20(26)24-19(18-3-2-8-27-18)13-4-6-15(21)7-5-13/h4-7,9,12,16-19,22H,2-3,8,10-11H2,1H3,(H,24,26)/t16-,17+,18?,19?/m1/s1. The number of aryl methyl sites for hydroxylation is 1. The maximum atomic E-state index is 13.3. The molecule has 0 bridgehead atoms. The number of benzene rings is 1. The lowest BCUT2D eigenvalue weighted by Gasteiger charge is -2.27. The van der Waals surface area contributed by atoms with E-state index in [1.165, 1.54) is 12.1 Å². The van der Waals surface area contributed by atoms with E-state index >= 15 is 0 Å². The van der Waals surface area contributed by atoms with Crippen LogP contribution in [-0.4, -0.2) is 41.5 Å². The summed E-state index contributed by atoms with van der Waals surface area (Å²) in [6.07, 6.45) is 5.58. The SMILES string of the molecule is Cn1cc([C@H]2CNC[C@@H]2C(=O)NC(c2ccc(F)cc2)C2CCCO2)cn1. The van der Waals surface area contributed by atoms with Crippen molar-refractivity contribution in [3.63, 3.8) is 0 Å². The molecule has 1 aromatic carbocycles. The second-order valence-electron chi connectivity index (χ2n) is 7.41. The van der Waals surface area contributed by atoms with Gasteiger partial charge >= 0.3 is 0 Å². The summed E-state index contributed by atoms with van der Waals surface area (Å²) in [5.41, 5.74) is 1.94. The molecule has 2 fully saturated rings. The Morgan fingerprint density at radius 2 is 2.19 bits per heavy atom. The molecule has 3 heterocycles. The molecular formula is C20H25FN4O2. The minimum atomic E-state index is -0.284. The van der Waals surface area contributed by atoms with Gasteiger partial charge in [0.25, 0.3) is 0 Å². The predicted molar refractivity (Wildman–Crippen MR) is 98.6 cm³/mol. The number of rotatable bonds is 5. The molecule has 2 unspecified atom stereocenters. The minimum Gasteiger partial charge on any atom is -0.376 e. The van der Waals surface area contributed by atoms with Crippen LogP contribution < -0.4 is 10.6 Å². The maximum absolute atomic E-state index is 13.3. The van der Waals surface area contributed by atoms with Crippen molar-refractivity contribution < 1.29 is 13.9 Å². The van der Waals surface area contributed by atoms with Gasteiger partial charge in [0.2, 0.25) is 5.91 Å². The van der Waals surface area contributed by atoms with E-state index in [2.05, 4.69) is 15.7 Å². The molecule has 6 nitrogen and oxygen atoms in total. The molecule has 0 radical (unpaired) electrons. The van der Waals surface area contributed by atoms with Crippen LogP contribution in [0.25, 0.3) is 0 Å². The van der Waals surface area contributed by atoms with Crippen LogP contribution in [0.15, 0.2) is 36.7 Å². The first-order valence-electron chi connectivity index (χ1n) is 9.48. The van der Waals surface area contributed by atoms with E-state index in [-0.39, 0.29) is 35.7 Å². The maximum Gasteiger partial charge on any atom is 0.225 e. The van der Waals surface area contributed by atoms with Gasteiger partial charge in [-0.05, 0) is 36.1 Å². The Hall–Kier alpha value is -2.25. The third-order valence-corrected chi connectivity index (χ3v) is 5.57. The Morgan fingerprint density at radius 1 is 1.37 bits per heavy atom. The molecular weight excluding hydrogens is 347 g/mol. The number of carbonyl (C=O) groups excluding carboxylic acids is 1. The molecule has 27 heavy (non-hydrogen) atoms. The van der Waals surface area contributed by atoms with Crippen molar-refractivity contribution >= 4 is 5.91 Å². The molecule has 2 aliphatic heterocycles. The molecule has 1 amide bonds. The van der Waals surface area contributed by atoms with E-state index in [9.17, 15) is 9.18 Å². The highest BCUT2D eigenvalue weighted by Gasteiger charge is 2.37. The van der Waals surface area contributed by atoms with Crippen LogP contribution in [-0.2, 0) is 16.6 Å². The van der Waals surface area contributed by atoms with E-state index < -0.39 is 0 Å². The quantitative estimate of drug-likeness (QED) is 0.841. The molecule has 4 atom stereocenters. The van der Waals surface area contributed by atoms with Crippen molar-refractivity contribution in [1.29, 1.82) is 0 Å². The first-order valence-corrected chi connectivity index (χ1v) is 9.48. The van der Waals surface area contributed by atoms with Gasteiger partial charge in [-0.3, -0.25) is 9.48 Å². The van der Waals surface area contributed by atoms with E-state index in [1.807, 2.05) is 19.4 Å². The molecule has 2 aromatic rings. The largest absolute Gasteiger partial charge is 0.376 e. The zero-order chi connectivity index (χ0) is 18.8. The van der Waals surface area contributed by atoms with Crippen LogP contribution in [0.2, 0.25) is 0 Å². The van der Waals surface area contributed by atoms with E-state index in [4.69, 9.17) is 4.74 Å². The summed E-state index contributed by atoms with van der Waals surface area (Å²) >= 11 is 0. The number of hydrogen-bond donors (Lipinski definition) is 2. The van der Waals surface area contributed by atoms with Crippen LogP contribution in [0.1, 0.15) is 35.9 Å². The van der Waals surface area contributed by atoms with Crippen LogP contribution in [0.3, 0.4) is 0 Å². The highest BCUT2D eigenvalue weighted by Crippen LogP contribution is 2.31. The summed E-state index contributed by atoms with van der Waals surface area (Å²) in [7, 11) is 1.88. The number of ether oxygens (including phenoxy) is 1. The van der Waals surface area contributed by atoms with Crippen LogP contribution in [0, 0.1) is 11.7 Å². The van der Waals surface area contributed by atoms with Crippen molar-refractivity contribution in [1.82, 2.24) is 20.4 Å². The number of hydrogen-bond acceptors (Lipinski definition) is 4. The van der Waals surface area contributed by atoms with Gasteiger partial charge < -0.3 is 15.4 Å². The minimum absolute atomic E-state index is 0.00122. The van der Waals surface area contributed by atoms with Crippen LogP contribution in [0.5, 0.6) is 0 Å². The van der Waals surface area contributed by atoms with Crippen molar-refractivity contribution in [3.05, 3.63) is 53.6 Å². The van der Waals surface area contributed by atoms with Crippen LogP contribution in [0.4, 0.5) is 4.39 Å². The van der Waals surface area contributed by atoms with Gasteiger partial charge in [0.05, 0.1) is 24.3 Å². The van der Waals surface area contributed by atoms with Gasteiger partial charge in [0.1, 0.15) is 5.82 Å². The fourth-order valence-electron chi connectivity index (χ4n) is 4.12. The third-order valence-electron chi connectivity index (χ3n) is 5.57. The molecule has 0 spiro atoms. The molecule has 2 N–H and O–H groups in total. The van der Waals surface area contributed by atoms with Gasteiger partial charge in [-0.2, -0.15) is 5.10 Å². The summed E-state index contributed by atoms with van der Waals surface area (Å²) in [6, 6.07) is 6.05. The normalized spacial score (nSPS) is 26.2. The number of nitrogens with one attached hydrogen (secondary N) is 2. The Bertz CT molecular complexity index is 786. The number of amides is 1. The number of halogens is 1. The van der Waals surface area contributed by atoms with Gasteiger partial charge in [-0.25, -0.2) is 4.39 Å². The molecule has 144 valence electrons. The topological polar surface area (TPSA) is 68.2 Å². The van der Waals surface area contributed by atoms with Crippen LogP contribution >= 0.6 is 0 Å². The fourth-order valence-corrected chi connectivity index (χ4v) is 4.12. The monoisotopic (exact) mass is 372 g/mol. The van der Waals surface area contributed by atoms with E-state index in [1.54, 1.807) is 16.8 Å². The van der Waals surface area contributed by atoms with E-state index in [0.717, 1.165) is 30.5 Å². The zero-order valence-corrected chi connectivity index (χ0v) is 15.4. The summed E-state index contributed by atoms with van der Waals surface area (Å²) in [4.78, 5) is 13.1. The lowest BCUT2D eigenvalue weighted by Crippen LogP contribution is -2.41. The average molecular weight is 372 g/mol. The van der Waals surface area contributed by atoms with Gasteiger partial charge in [-0.1, -0.05) is 12.1 Å². The van der Waals surface area contributed by atoms with Crippen molar-refractivity contribution in [2.75, 3.05) is 19.7 Å². The summed E-state index contributed by atoms with van der Waals surface area (Å²) in [5, 5.41) is 10.7. The fraction of sp³-hybridized carbons (Fsp3) is 0.500. The summed E-state index contributed by atoms with van der Waals surface area (Å²) < 4.78 is 20.9. The number of nitrogens with zero attached hydrogens (tertiary/aromatic N) is 2. The van der Waals surface area contributed by atoms with Crippen molar-refractivity contribution in [2.24, 2.45) is 13.0 Å². The predicted octanol–water partition coefficient (Wildman–Crippen LogP) is 1.90. The second-order valence-corrected chi connectivity index (χ2v) is 7.41. The zero-order valence-electron chi connectivity index (χ0n) is 15.4. The molecule has 2 saturated heterocycles. The average Bonchev–Trinajstić information content (AvgIpc) is 3.41. The Labute approximate surface area is 158 Å². The Balaban J connectivity index is 1.53. The second kappa shape index (κ2) is 7.78. The lowest BCUT2D eigenvalue weighted by molar-refractivity contribution is -0.126. The number of carbonyl (C=O) groups is 1. The molecule has 2 aliphatic rings. The summed E-state index contributed by atoms with van der Waals surface area (Å²) in [6.45, 7) is 2.08. The van der Waals surface area contributed by atoms with Crippen molar-refractivity contribution in [2.45, 2.75) is 30.9 Å². The van der Waals surface area contributed by atoms with Crippen molar-refractivity contribution in [3.8, 4) is 0 Å². The molecule has 1 aromatic heterocycles. The Morgan fingerprint density at radius 3 is 2.85 bits per heavy atom. The van der Waals surface area contributed by atoms with E-state index in [0.29, 0.717) is 13.2 Å². The molecule has 4 rings (SSSR count). The molecule has 0 aliphatic carbocycles. The first kappa shape index (κ1) is 18.1. The summed E-state index contributed by atoms with van der Waals surface area (Å²) in [5.74, 6) is -0.359. The highest BCUT2D eigenvalue weighted by atomic mass is 19.1. The smallest absolute Gasteiger partial charge is 0.225 e. The van der Waals surface area contributed by atoms with Gasteiger partial charge in [-0.15, -0.1) is 0 Å². The third kappa shape index (κ3) is 3.89. The lowest BCUT2D eigenvalue weighted by atomic mass is 9.89. The number of aromatic nitrogens is 2. The molecule has 7 heteroatoms. The van der Waals surface area contributed by atoms with Gasteiger partial charge in [0, 0.05) is 38.9 Å². The van der Waals surface area contributed by atoms with Gasteiger partial charge in [0.15, 0.2) is 0 Å².